The van der Waals surface area contributed by atoms with Gasteiger partial charge in [0.15, 0.2) is 0 Å². The zero-order chi connectivity index (χ0) is 18.2. The van der Waals surface area contributed by atoms with Crippen LogP contribution in [0.1, 0.15) is 49.9 Å². The monoisotopic (exact) mass is 345 g/mol. The predicted molar refractivity (Wildman–Crippen MR) is 97.3 cm³/mol. The van der Waals surface area contributed by atoms with Crippen molar-refractivity contribution in [2.75, 3.05) is 25.0 Å². The van der Waals surface area contributed by atoms with E-state index in [1.54, 1.807) is 29.2 Å². The molecule has 3 amide bonds. The Kier molecular flexibility index (Phi) is 6.98. The number of nitrogens with zero attached hydrogens (tertiary/aromatic N) is 1. The van der Waals surface area contributed by atoms with Gasteiger partial charge >= 0.3 is 0 Å². The number of carbonyl (C=O) groups is 3. The summed E-state index contributed by atoms with van der Waals surface area (Å²) in [5.74, 6) is -0.379. The predicted octanol–water partition coefficient (Wildman–Crippen LogP) is 2.41. The Morgan fingerprint density at radius 3 is 2.80 bits per heavy atom. The molecule has 1 heterocycles. The maximum Gasteiger partial charge on any atom is 0.253 e. The standard InChI is InChI=1S/C19H27N3O3/c1-3-4-10-20-18(24)16-8-6-11-22(13-16)19(25)15-7-5-9-17(12-15)21-14(2)23/h5,7,9,12,16H,3-4,6,8,10-11,13H2,1-2H3,(H,20,24)(H,21,23). The minimum atomic E-state index is -0.175. The van der Waals surface area contributed by atoms with E-state index in [9.17, 15) is 14.4 Å². The average molecular weight is 345 g/mol. The molecule has 136 valence electrons. The lowest BCUT2D eigenvalue weighted by atomic mass is 9.96. The fourth-order valence-electron chi connectivity index (χ4n) is 3.02. The van der Waals surface area contributed by atoms with E-state index >= 15 is 0 Å². The minimum absolute atomic E-state index is 0.0398. The molecule has 0 radical (unpaired) electrons. The third-order valence-corrected chi connectivity index (χ3v) is 4.34. The van der Waals surface area contributed by atoms with E-state index in [2.05, 4.69) is 17.6 Å². The summed E-state index contributed by atoms with van der Waals surface area (Å²) in [5.41, 5.74) is 1.13. The van der Waals surface area contributed by atoms with Gasteiger partial charge in [0.25, 0.3) is 5.91 Å². The number of piperidine rings is 1. The summed E-state index contributed by atoms with van der Waals surface area (Å²) in [4.78, 5) is 37.9. The Morgan fingerprint density at radius 1 is 1.28 bits per heavy atom. The van der Waals surface area contributed by atoms with Crippen molar-refractivity contribution in [2.45, 2.75) is 39.5 Å². The summed E-state index contributed by atoms with van der Waals surface area (Å²) >= 11 is 0. The first kappa shape index (κ1) is 19.0. The van der Waals surface area contributed by atoms with Crippen molar-refractivity contribution in [3.8, 4) is 0 Å². The van der Waals surface area contributed by atoms with Crippen LogP contribution in [0.15, 0.2) is 24.3 Å². The summed E-state index contributed by atoms with van der Waals surface area (Å²) in [6.45, 7) is 5.31. The molecule has 0 spiro atoms. The number of nitrogens with one attached hydrogen (secondary N) is 2. The molecule has 25 heavy (non-hydrogen) atoms. The number of carbonyl (C=O) groups excluding carboxylic acids is 3. The van der Waals surface area contributed by atoms with Crippen LogP contribution in [0, 0.1) is 5.92 Å². The minimum Gasteiger partial charge on any atom is -0.356 e. The van der Waals surface area contributed by atoms with E-state index in [0.717, 1.165) is 25.7 Å². The summed E-state index contributed by atoms with van der Waals surface area (Å²) in [5, 5.41) is 5.64. The topological polar surface area (TPSA) is 78.5 Å². The highest BCUT2D eigenvalue weighted by Crippen LogP contribution is 2.20. The maximum absolute atomic E-state index is 12.7. The average Bonchev–Trinajstić information content (AvgIpc) is 2.61. The van der Waals surface area contributed by atoms with E-state index in [4.69, 9.17) is 0 Å². The molecular weight excluding hydrogens is 318 g/mol. The van der Waals surface area contributed by atoms with Crippen LogP contribution >= 0.6 is 0 Å². The van der Waals surface area contributed by atoms with E-state index in [1.807, 2.05) is 0 Å². The largest absolute Gasteiger partial charge is 0.356 e. The summed E-state index contributed by atoms with van der Waals surface area (Å²) in [6.07, 6.45) is 3.65. The number of hydrogen-bond acceptors (Lipinski definition) is 3. The molecular formula is C19H27N3O3. The Balaban J connectivity index is 1.99. The highest BCUT2D eigenvalue weighted by atomic mass is 16.2. The first-order valence-electron chi connectivity index (χ1n) is 8.96. The van der Waals surface area contributed by atoms with Crippen molar-refractivity contribution in [1.29, 1.82) is 0 Å². The number of benzene rings is 1. The normalized spacial score (nSPS) is 17.0. The molecule has 1 aliphatic rings. The summed E-state index contributed by atoms with van der Waals surface area (Å²) in [7, 11) is 0. The molecule has 0 aliphatic carbocycles. The van der Waals surface area contributed by atoms with Crippen molar-refractivity contribution >= 4 is 23.4 Å². The van der Waals surface area contributed by atoms with Crippen LogP contribution in [-0.2, 0) is 9.59 Å². The number of likely N-dealkylation sites (tertiary alicyclic amines) is 1. The second-order valence-electron chi connectivity index (χ2n) is 6.50. The Morgan fingerprint density at radius 2 is 2.08 bits per heavy atom. The molecule has 1 aromatic rings. The van der Waals surface area contributed by atoms with Gasteiger partial charge in [-0.3, -0.25) is 14.4 Å². The van der Waals surface area contributed by atoms with Gasteiger partial charge in [0.1, 0.15) is 0 Å². The second-order valence-corrected chi connectivity index (χ2v) is 6.50. The van der Waals surface area contributed by atoms with Crippen LogP contribution in [0.25, 0.3) is 0 Å². The smallest absolute Gasteiger partial charge is 0.253 e. The highest BCUT2D eigenvalue weighted by molar-refractivity contribution is 5.97. The van der Waals surface area contributed by atoms with Gasteiger partial charge in [-0.1, -0.05) is 19.4 Å². The van der Waals surface area contributed by atoms with Gasteiger partial charge in [-0.05, 0) is 37.5 Å². The van der Waals surface area contributed by atoms with E-state index < -0.39 is 0 Å². The zero-order valence-electron chi connectivity index (χ0n) is 15.0. The van der Waals surface area contributed by atoms with Crippen LogP contribution in [-0.4, -0.2) is 42.3 Å². The molecule has 1 aliphatic heterocycles. The molecule has 6 heteroatoms. The lowest BCUT2D eigenvalue weighted by Crippen LogP contribution is -2.45. The number of amides is 3. The molecule has 1 aromatic carbocycles. The fraction of sp³-hybridized carbons (Fsp3) is 0.526. The molecule has 0 saturated carbocycles. The number of rotatable bonds is 6. The van der Waals surface area contributed by atoms with Crippen molar-refractivity contribution in [3.63, 3.8) is 0 Å². The van der Waals surface area contributed by atoms with Crippen LogP contribution < -0.4 is 10.6 Å². The molecule has 6 nitrogen and oxygen atoms in total. The maximum atomic E-state index is 12.7. The van der Waals surface area contributed by atoms with E-state index in [1.165, 1.54) is 6.92 Å². The Labute approximate surface area is 149 Å². The van der Waals surface area contributed by atoms with Crippen molar-refractivity contribution in [2.24, 2.45) is 5.92 Å². The molecule has 1 unspecified atom stereocenters. The van der Waals surface area contributed by atoms with E-state index in [-0.39, 0.29) is 23.6 Å². The molecule has 2 N–H and O–H groups in total. The SMILES string of the molecule is CCCCNC(=O)C1CCCN(C(=O)c2cccc(NC(C)=O)c2)C1. The summed E-state index contributed by atoms with van der Waals surface area (Å²) < 4.78 is 0. The lowest BCUT2D eigenvalue weighted by Gasteiger charge is -2.32. The number of hydrogen-bond donors (Lipinski definition) is 2. The molecule has 1 atom stereocenters. The molecule has 1 saturated heterocycles. The third kappa shape index (κ3) is 5.59. The first-order valence-corrected chi connectivity index (χ1v) is 8.96. The van der Waals surface area contributed by atoms with Crippen LogP contribution in [0.5, 0.6) is 0 Å². The molecule has 0 aromatic heterocycles. The van der Waals surface area contributed by atoms with Crippen molar-refractivity contribution in [1.82, 2.24) is 10.2 Å². The summed E-state index contributed by atoms with van der Waals surface area (Å²) in [6, 6.07) is 6.91. The van der Waals surface area contributed by atoms with E-state index in [0.29, 0.717) is 30.9 Å². The first-order chi connectivity index (χ1) is 12.0. The fourth-order valence-corrected chi connectivity index (χ4v) is 3.02. The lowest BCUT2D eigenvalue weighted by molar-refractivity contribution is -0.126. The van der Waals surface area contributed by atoms with Crippen LogP contribution in [0.3, 0.4) is 0 Å². The van der Waals surface area contributed by atoms with Crippen molar-refractivity contribution < 1.29 is 14.4 Å². The third-order valence-electron chi connectivity index (χ3n) is 4.34. The number of unbranched alkanes of at least 4 members (excludes halogenated alkanes) is 1. The quantitative estimate of drug-likeness (QED) is 0.777. The molecule has 1 fully saturated rings. The zero-order valence-corrected chi connectivity index (χ0v) is 15.0. The highest BCUT2D eigenvalue weighted by Gasteiger charge is 2.28. The van der Waals surface area contributed by atoms with Gasteiger partial charge in [0, 0.05) is 37.8 Å². The van der Waals surface area contributed by atoms with Gasteiger partial charge in [0.2, 0.25) is 11.8 Å². The van der Waals surface area contributed by atoms with Crippen LogP contribution in [0.4, 0.5) is 5.69 Å². The molecule has 2 rings (SSSR count). The second kappa shape index (κ2) is 9.20. The Bertz CT molecular complexity index is 630. The van der Waals surface area contributed by atoms with Crippen molar-refractivity contribution in [3.05, 3.63) is 29.8 Å². The van der Waals surface area contributed by atoms with Gasteiger partial charge in [-0.2, -0.15) is 0 Å². The molecule has 0 bridgehead atoms. The Hall–Kier alpha value is -2.37. The van der Waals surface area contributed by atoms with Gasteiger partial charge in [0.05, 0.1) is 5.92 Å². The van der Waals surface area contributed by atoms with Gasteiger partial charge < -0.3 is 15.5 Å². The number of anilines is 1. The van der Waals surface area contributed by atoms with Gasteiger partial charge in [-0.25, -0.2) is 0 Å². The van der Waals surface area contributed by atoms with Gasteiger partial charge in [-0.15, -0.1) is 0 Å². The van der Waals surface area contributed by atoms with Crippen LogP contribution in [0.2, 0.25) is 0 Å².